The summed E-state index contributed by atoms with van der Waals surface area (Å²) in [5, 5.41) is 0. The van der Waals surface area contributed by atoms with Gasteiger partial charge in [-0.3, -0.25) is 0 Å². The molecule has 1 saturated carbocycles. The Balaban J connectivity index is 2.22. The fourth-order valence-corrected chi connectivity index (χ4v) is 3.55. The van der Waals surface area contributed by atoms with Crippen molar-refractivity contribution in [3.63, 3.8) is 0 Å². The lowest BCUT2D eigenvalue weighted by atomic mass is 9.92. The molecule has 2 heteroatoms. The molecule has 3 rings (SSSR count). The van der Waals surface area contributed by atoms with Crippen LogP contribution in [0.2, 0.25) is 0 Å². The third-order valence-corrected chi connectivity index (χ3v) is 5.28. The first kappa shape index (κ1) is 8.49. The largest absolute Gasteiger partial charge is 0.0496 e. The summed E-state index contributed by atoms with van der Waals surface area (Å²) in [6.07, 6.45) is 4.22. The average molecular weight is 302 g/mol. The van der Waals surface area contributed by atoms with Gasteiger partial charge >= 0.3 is 0 Å². The van der Waals surface area contributed by atoms with Crippen LogP contribution in [0.15, 0.2) is 21.1 Å². The molecule has 0 nitrogen and oxygen atoms in total. The third kappa shape index (κ3) is 1.15. The predicted octanol–water partition coefficient (Wildman–Crippen LogP) is 4.58. The van der Waals surface area contributed by atoms with Crippen molar-refractivity contribution in [1.82, 2.24) is 0 Å². The van der Waals surface area contributed by atoms with Gasteiger partial charge in [0.05, 0.1) is 0 Å². The average Bonchev–Trinajstić information content (AvgIpc) is 2.67. The Hall–Kier alpha value is 0.180. The number of rotatable bonds is 0. The molecule has 2 aliphatic rings. The third-order valence-electron chi connectivity index (χ3n) is 3.44. The van der Waals surface area contributed by atoms with Crippen LogP contribution in [-0.2, 0) is 0 Å². The second kappa shape index (κ2) is 2.83. The minimum Gasteiger partial charge on any atom is -0.0496 e. The molecule has 2 atom stereocenters. The topological polar surface area (TPSA) is 0 Å². The predicted molar refractivity (Wildman–Crippen MR) is 61.2 cm³/mol. The Morgan fingerprint density at radius 2 is 1.38 bits per heavy atom. The molecule has 0 N–H and O–H groups in total. The van der Waals surface area contributed by atoms with Gasteiger partial charge in [0.1, 0.15) is 0 Å². The molecule has 0 heterocycles. The lowest BCUT2D eigenvalue weighted by Gasteiger charge is -2.15. The summed E-state index contributed by atoms with van der Waals surface area (Å²) in [7, 11) is 0. The van der Waals surface area contributed by atoms with Crippen LogP contribution in [0.25, 0.3) is 0 Å². The first-order valence-electron chi connectivity index (χ1n) is 4.74. The van der Waals surface area contributed by atoms with E-state index in [-0.39, 0.29) is 0 Å². The van der Waals surface area contributed by atoms with Crippen LogP contribution in [0.1, 0.15) is 42.2 Å². The molecule has 0 radical (unpaired) electrons. The lowest BCUT2D eigenvalue weighted by Crippen LogP contribution is -1.97. The quantitative estimate of drug-likeness (QED) is 0.658. The fourth-order valence-electron chi connectivity index (χ4n) is 2.83. The first-order valence-corrected chi connectivity index (χ1v) is 6.33. The van der Waals surface area contributed by atoms with Crippen molar-refractivity contribution >= 4 is 31.9 Å². The maximum absolute atomic E-state index is 3.57. The molecule has 0 aliphatic heterocycles. The standard InChI is InChI=1S/C11H10Br2/c12-10-4-8-6-1-2-7(3-6)9(8)5-11(10)13/h4-7H,1-3H2/t6-,7-/m0/s1. The van der Waals surface area contributed by atoms with Gasteiger partial charge < -0.3 is 0 Å². The number of benzene rings is 1. The van der Waals surface area contributed by atoms with E-state index in [4.69, 9.17) is 0 Å². The monoisotopic (exact) mass is 300 g/mol. The Morgan fingerprint density at radius 3 is 1.85 bits per heavy atom. The number of hydrogen-bond donors (Lipinski definition) is 0. The Bertz CT molecular complexity index is 336. The van der Waals surface area contributed by atoms with Crippen LogP contribution in [0.4, 0.5) is 0 Å². The smallest absolute Gasteiger partial charge is 0.0320 e. The van der Waals surface area contributed by atoms with Crippen molar-refractivity contribution in [3.05, 3.63) is 32.2 Å². The van der Waals surface area contributed by atoms with E-state index in [0.29, 0.717) is 0 Å². The van der Waals surface area contributed by atoms with Gasteiger partial charge in [0, 0.05) is 8.95 Å². The lowest BCUT2D eigenvalue weighted by molar-refractivity contribution is 0.716. The Morgan fingerprint density at radius 1 is 0.923 bits per heavy atom. The SMILES string of the molecule is Brc1cc2c(cc1Br)[C@H]1CC[C@H]2C1. The number of hydrogen-bond acceptors (Lipinski definition) is 0. The van der Waals surface area contributed by atoms with E-state index in [0.717, 1.165) is 11.8 Å². The summed E-state index contributed by atoms with van der Waals surface area (Å²) >= 11 is 7.15. The highest BCUT2D eigenvalue weighted by molar-refractivity contribution is 9.13. The zero-order chi connectivity index (χ0) is 9.00. The van der Waals surface area contributed by atoms with E-state index in [9.17, 15) is 0 Å². The van der Waals surface area contributed by atoms with Crippen molar-refractivity contribution in [3.8, 4) is 0 Å². The van der Waals surface area contributed by atoms with Gasteiger partial charge in [0.2, 0.25) is 0 Å². The van der Waals surface area contributed by atoms with Gasteiger partial charge in [-0.15, -0.1) is 0 Å². The van der Waals surface area contributed by atoms with E-state index >= 15 is 0 Å². The zero-order valence-electron chi connectivity index (χ0n) is 7.19. The van der Waals surface area contributed by atoms with Crippen molar-refractivity contribution in [2.45, 2.75) is 31.1 Å². The van der Waals surface area contributed by atoms with Crippen LogP contribution in [-0.4, -0.2) is 0 Å². The van der Waals surface area contributed by atoms with Crippen LogP contribution in [0, 0.1) is 0 Å². The summed E-state index contributed by atoms with van der Waals surface area (Å²) < 4.78 is 2.41. The molecule has 0 spiro atoms. The van der Waals surface area contributed by atoms with Crippen LogP contribution in [0.5, 0.6) is 0 Å². The highest BCUT2D eigenvalue weighted by Crippen LogP contribution is 2.54. The molecule has 1 fully saturated rings. The first-order chi connectivity index (χ1) is 6.25. The summed E-state index contributed by atoms with van der Waals surface area (Å²) in [5.41, 5.74) is 3.21. The summed E-state index contributed by atoms with van der Waals surface area (Å²) in [6, 6.07) is 4.62. The highest BCUT2D eigenvalue weighted by Gasteiger charge is 2.36. The molecular formula is C11H10Br2. The minimum atomic E-state index is 0.865. The highest BCUT2D eigenvalue weighted by atomic mass is 79.9. The minimum absolute atomic E-state index is 0.865. The second-order valence-electron chi connectivity index (χ2n) is 4.10. The van der Waals surface area contributed by atoms with Crippen molar-refractivity contribution < 1.29 is 0 Å². The molecule has 0 unspecified atom stereocenters. The van der Waals surface area contributed by atoms with Crippen LogP contribution < -0.4 is 0 Å². The Kier molecular flexibility index (Phi) is 1.85. The van der Waals surface area contributed by atoms with Gasteiger partial charge in [0.25, 0.3) is 0 Å². The molecule has 68 valence electrons. The molecular weight excluding hydrogens is 292 g/mol. The summed E-state index contributed by atoms with van der Waals surface area (Å²) in [5.74, 6) is 1.73. The molecule has 13 heavy (non-hydrogen) atoms. The van der Waals surface area contributed by atoms with E-state index in [1.54, 1.807) is 11.1 Å². The molecule has 0 amide bonds. The number of halogens is 2. The summed E-state index contributed by atoms with van der Waals surface area (Å²) in [6.45, 7) is 0. The van der Waals surface area contributed by atoms with Crippen LogP contribution in [0.3, 0.4) is 0 Å². The molecule has 0 aromatic heterocycles. The molecule has 1 aromatic rings. The maximum atomic E-state index is 3.57. The van der Waals surface area contributed by atoms with E-state index in [1.807, 2.05) is 0 Å². The zero-order valence-corrected chi connectivity index (χ0v) is 10.4. The Labute approximate surface area is 95.0 Å². The number of fused-ring (bicyclic) bond motifs is 5. The molecule has 1 aromatic carbocycles. The van der Waals surface area contributed by atoms with Gasteiger partial charge in [-0.2, -0.15) is 0 Å². The normalized spacial score (nSPS) is 29.4. The molecule has 0 saturated heterocycles. The van der Waals surface area contributed by atoms with Crippen LogP contribution >= 0.6 is 31.9 Å². The van der Waals surface area contributed by atoms with Gasteiger partial charge in [0.15, 0.2) is 0 Å². The van der Waals surface area contributed by atoms with Crippen molar-refractivity contribution in [1.29, 1.82) is 0 Å². The maximum Gasteiger partial charge on any atom is 0.0320 e. The van der Waals surface area contributed by atoms with E-state index < -0.39 is 0 Å². The van der Waals surface area contributed by atoms with Gasteiger partial charge in [-0.05, 0) is 86.2 Å². The van der Waals surface area contributed by atoms with Gasteiger partial charge in [-0.1, -0.05) is 0 Å². The fraction of sp³-hybridized carbons (Fsp3) is 0.455. The molecule has 2 aliphatic carbocycles. The second-order valence-corrected chi connectivity index (χ2v) is 5.81. The van der Waals surface area contributed by atoms with Gasteiger partial charge in [-0.25, -0.2) is 0 Å². The van der Waals surface area contributed by atoms with Crippen molar-refractivity contribution in [2.75, 3.05) is 0 Å². The molecule has 2 bridgehead atoms. The van der Waals surface area contributed by atoms with E-state index in [1.165, 1.54) is 28.2 Å². The van der Waals surface area contributed by atoms with Crippen molar-refractivity contribution in [2.24, 2.45) is 0 Å². The van der Waals surface area contributed by atoms with E-state index in [2.05, 4.69) is 44.0 Å². The summed E-state index contributed by atoms with van der Waals surface area (Å²) in [4.78, 5) is 0.